The van der Waals surface area contributed by atoms with E-state index in [-0.39, 0.29) is 5.82 Å². The lowest BCUT2D eigenvalue weighted by molar-refractivity contribution is 0.243. The fourth-order valence-electron chi connectivity index (χ4n) is 3.00. The quantitative estimate of drug-likeness (QED) is 0.566. The van der Waals surface area contributed by atoms with Crippen LogP contribution in [-0.2, 0) is 19.8 Å². The van der Waals surface area contributed by atoms with E-state index in [1.807, 2.05) is 48.9 Å². The van der Waals surface area contributed by atoms with Gasteiger partial charge in [-0.15, -0.1) is 0 Å². The highest BCUT2D eigenvalue weighted by Crippen LogP contribution is 2.22. The number of halogens is 1. The van der Waals surface area contributed by atoms with Crippen molar-refractivity contribution in [3.8, 4) is 17.1 Å². The molecule has 5 nitrogen and oxygen atoms in total. The Hall–Kier alpha value is -2.51. The van der Waals surface area contributed by atoms with Gasteiger partial charge >= 0.3 is 0 Å². The summed E-state index contributed by atoms with van der Waals surface area (Å²) in [6.07, 6.45) is 0. The van der Waals surface area contributed by atoms with Crippen LogP contribution in [0.1, 0.15) is 12.5 Å². The number of nitrogens with zero attached hydrogens (tertiary/aromatic N) is 4. The molecule has 0 radical (unpaired) electrons. The van der Waals surface area contributed by atoms with E-state index in [9.17, 15) is 4.39 Å². The highest BCUT2D eigenvalue weighted by Gasteiger charge is 2.13. The first kappa shape index (κ1) is 19.3. The molecule has 0 aliphatic carbocycles. The number of hydrogen-bond donors (Lipinski definition) is 0. The maximum atomic E-state index is 13.4. The third-order valence-corrected chi connectivity index (χ3v) is 4.74. The average Bonchev–Trinajstić information content (AvgIpc) is 2.97. The second-order valence-corrected chi connectivity index (χ2v) is 6.73. The summed E-state index contributed by atoms with van der Waals surface area (Å²) in [4.78, 5) is 2.05. The average molecular weight is 386 g/mol. The second kappa shape index (κ2) is 8.45. The summed E-state index contributed by atoms with van der Waals surface area (Å²) >= 11 is 5.62. The summed E-state index contributed by atoms with van der Waals surface area (Å²) in [7, 11) is 3.61. The van der Waals surface area contributed by atoms with E-state index in [1.165, 1.54) is 6.07 Å². The van der Waals surface area contributed by atoms with Gasteiger partial charge in [-0.3, -0.25) is 4.90 Å². The van der Waals surface area contributed by atoms with Crippen molar-refractivity contribution < 1.29 is 9.13 Å². The van der Waals surface area contributed by atoms with E-state index in [4.69, 9.17) is 22.1 Å². The second-order valence-electron chi connectivity index (χ2n) is 6.36. The number of aromatic nitrogens is 3. The Morgan fingerprint density at radius 1 is 1.19 bits per heavy atom. The molecular formula is C20H23FN4OS. The molecule has 3 rings (SSSR count). The van der Waals surface area contributed by atoms with E-state index in [0.717, 1.165) is 29.2 Å². The molecule has 0 fully saturated rings. The summed E-state index contributed by atoms with van der Waals surface area (Å²) < 4.78 is 23.1. The Bertz CT molecular complexity index is 965. The molecule has 0 aliphatic heterocycles. The lowest BCUT2D eigenvalue weighted by Crippen LogP contribution is -2.22. The number of ether oxygens (including phenoxy) is 1. The molecule has 0 atom stereocenters. The molecule has 1 aromatic heterocycles. The zero-order valence-electron chi connectivity index (χ0n) is 15.7. The van der Waals surface area contributed by atoms with Crippen LogP contribution in [0.2, 0.25) is 0 Å². The summed E-state index contributed by atoms with van der Waals surface area (Å²) in [5.41, 5.74) is 1.89. The van der Waals surface area contributed by atoms with Crippen molar-refractivity contribution in [2.75, 3.05) is 14.2 Å². The highest BCUT2D eigenvalue weighted by molar-refractivity contribution is 7.71. The van der Waals surface area contributed by atoms with E-state index in [1.54, 1.807) is 23.9 Å². The van der Waals surface area contributed by atoms with Crippen molar-refractivity contribution in [2.24, 2.45) is 0 Å². The minimum atomic E-state index is -0.227. The Balaban J connectivity index is 1.83. The van der Waals surface area contributed by atoms with Crippen molar-refractivity contribution in [2.45, 2.75) is 26.7 Å². The summed E-state index contributed by atoms with van der Waals surface area (Å²) in [5, 5.41) is 4.72. The molecule has 0 N–H and O–H groups in total. The van der Waals surface area contributed by atoms with Crippen LogP contribution in [0.25, 0.3) is 11.4 Å². The molecule has 3 aromatic rings. The fourth-order valence-corrected chi connectivity index (χ4v) is 3.31. The maximum Gasteiger partial charge on any atom is 0.199 e. The van der Waals surface area contributed by atoms with Crippen molar-refractivity contribution in [3.63, 3.8) is 0 Å². The van der Waals surface area contributed by atoms with E-state index >= 15 is 0 Å². The molecule has 0 spiro atoms. The van der Waals surface area contributed by atoms with E-state index in [2.05, 4.69) is 4.90 Å². The van der Waals surface area contributed by atoms with Crippen LogP contribution in [0.3, 0.4) is 0 Å². The van der Waals surface area contributed by atoms with Gasteiger partial charge in [-0.1, -0.05) is 12.1 Å². The zero-order valence-corrected chi connectivity index (χ0v) is 16.5. The first-order valence-electron chi connectivity index (χ1n) is 8.77. The molecule has 7 heteroatoms. The van der Waals surface area contributed by atoms with Gasteiger partial charge in [0, 0.05) is 18.7 Å². The molecule has 1 heterocycles. The van der Waals surface area contributed by atoms with Crippen molar-refractivity contribution >= 4 is 12.2 Å². The number of benzene rings is 2. The van der Waals surface area contributed by atoms with Crippen LogP contribution in [0.15, 0.2) is 48.5 Å². The molecule has 142 valence electrons. The highest BCUT2D eigenvalue weighted by atomic mass is 32.1. The van der Waals surface area contributed by atoms with Crippen LogP contribution in [0.4, 0.5) is 4.39 Å². The Kier molecular flexibility index (Phi) is 6.03. The van der Waals surface area contributed by atoms with E-state index < -0.39 is 0 Å². The standard InChI is InChI=1S/C20H23FN4OS/c1-4-24-19(16-8-10-18(26-3)11-9-16)22-25(20(24)27)14-23(2)13-15-6-5-7-17(21)12-15/h5-12H,4,13-14H2,1-3H3. The SMILES string of the molecule is CCn1c(-c2ccc(OC)cc2)nn(CN(C)Cc2cccc(F)c2)c1=S. The van der Waals surface area contributed by atoms with Crippen molar-refractivity contribution in [3.05, 3.63) is 64.7 Å². The van der Waals surface area contributed by atoms with Gasteiger partial charge in [0.2, 0.25) is 0 Å². The molecule has 2 aromatic carbocycles. The van der Waals surface area contributed by atoms with Gasteiger partial charge in [0.25, 0.3) is 0 Å². The third-order valence-electron chi connectivity index (χ3n) is 4.30. The van der Waals surface area contributed by atoms with Gasteiger partial charge in [0.05, 0.1) is 13.8 Å². The lowest BCUT2D eigenvalue weighted by Gasteiger charge is -2.16. The lowest BCUT2D eigenvalue weighted by atomic mass is 10.2. The summed E-state index contributed by atoms with van der Waals surface area (Å²) in [6, 6.07) is 14.4. The minimum Gasteiger partial charge on any atom is -0.497 e. The maximum absolute atomic E-state index is 13.4. The number of methoxy groups -OCH3 is 1. The molecule has 27 heavy (non-hydrogen) atoms. The Morgan fingerprint density at radius 2 is 1.93 bits per heavy atom. The summed E-state index contributed by atoms with van der Waals surface area (Å²) in [5.74, 6) is 1.40. The van der Waals surface area contributed by atoms with Gasteiger partial charge < -0.3 is 9.30 Å². The molecule has 0 amide bonds. The minimum absolute atomic E-state index is 0.227. The first-order chi connectivity index (χ1) is 13.0. The van der Waals surface area contributed by atoms with Crippen LogP contribution < -0.4 is 4.74 Å². The van der Waals surface area contributed by atoms with Crippen molar-refractivity contribution in [1.82, 2.24) is 19.2 Å². The predicted octanol–water partition coefficient (Wildman–Crippen LogP) is 4.34. The largest absolute Gasteiger partial charge is 0.497 e. The molecule has 0 bridgehead atoms. The van der Waals surface area contributed by atoms with Gasteiger partial charge in [-0.2, -0.15) is 5.10 Å². The van der Waals surface area contributed by atoms with Gasteiger partial charge in [-0.05, 0) is 68.2 Å². The van der Waals surface area contributed by atoms with Gasteiger partial charge in [0.1, 0.15) is 11.6 Å². The van der Waals surface area contributed by atoms with E-state index in [0.29, 0.717) is 18.0 Å². The normalized spacial score (nSPS) is 11.1. The Labute approximate surface area is 163 Å². The van der Waals surface area contributed by atoms with Crippen molar-refractivity contribution in [1.29, 1.82) is 0 Å². The molecular weight excluding hydrogens is 363 g/mol. The predicted molar refractivity (Wildman–Crippen MR) is 107 cm³/mol. The number of hydrogen-bond acceptors (Lipinski definition) is 4. The molecule has 0 unspecified atom stereocenters. The molecule has 0 saturated carbocycles. The monoisotopic (exact) mass is 386 g/mol. The van der Waals surface area contributed by atoms with Crippen LogP contribution >= 0.6 is 12.2 Å². The number of rotatable bonds is 7. The molecule has 0 saturated heterocycles. The van der Waals surface area contributed by atoms with Crippen LogP contribution in [0.5, 0.6) is 5.75 Å². The smallest absolute Gasteiger partial charge is 0.199 e. The zero-order chi connectivity index (χ0) is 19.4. The fraction of sp³-hybridized carbons (Fsp3) is 0.300. The summed E-state index contributed by atoms with van der Waals surface area (Å²) in [6.45, 7) is 3.90. The van der Waals surface area contributed by atoms with Crippen LogP contribution in [-0.4, -0.2) is 33.4 Å². The topological polar surface area (TPSA) is 35.2 Å². The van der Waals surface area contributed by atoms with Gasteiger partial charge in [0.15, 0.2) is 10.6 Å². The molecule has 0 aliphatic rings. The first-order valence-corrected chi connectivity index (χ1v) is 9.17. The third kappa shape index (κ3) is 4.43. The van der Waals surface area contributed by atoms with Crippen LogP contribution in [0, 0.1) is 10.6 Å². The van der Waals surface area contributed by atoms with Gasteiger partial charge in [-0.25, -0.2) is 9.07 Å². The Morgan fingerprint density at radius 3 is 2.56 bits per heavy atom.